The number of carbonyl (C=O) groups is 1. The van der Waals surface area contributed by atoms with E-state index >= 15 is 0 Å². The first-order valence-electron chi connectivity index (χ1n) is 6.29. The van der Waals surface area contributed by atoms with Crippen LogP contribution in [-0.2, 0) is 4.74 Å². The van der Waals surface area contributed by atoms with Crippen molar-refractivity contribution >= 4 is 11.6 Å². The number of ether oxygens (including phenoxy) is 1. The predicted octanol–water partition coefficient (Wildman–Crippen LogP) is 1.28. The highest BCUT2D eigenvalue weighted by Crippen LogP contribution is 2.16. The molecule has 0 unspecified atom stereocenters. The third-order valence-corrected chi connectivity index (χ3v) is 3.16. The molecular weight excluding hydrogens is 230 g/mol. The van der Waals surface area contributed by atoms with E-state index in [1.165, 1.54) is 0 Å². The Morgan fingerprint density at radius 1 is 1.50 bits per heavy atom. The molecule has 1 aromatic heterocycles. The van der Waals surface area contributed by atoms with Gasteiger partial charge in [-0.3, -0.25) is 9.78 Å². The van der Waals surface area contributed by atoms with Crippen molar-refractivity contribution in [3.63, 3.8) is 0 Å². The molecule has 0 bridgehead atoms. The Morgan fingerprint density at radius 3 is 3.00 bits per heavy atom. The van der Waals surface area contributed by atoms with Crippen LogP contribution in [0.4, 0.5) is 5.69 Å². The van der Waals surface area contributed by atoms with Crippen LogP contribution < -0.4 is 10.6 Å². The number of amides is 1. The number of pyridine rings is 1. The van der Waals surface area contributed by atoms with E-state index in [4.69, 9.17) is 4.74 Å². The zero-order valence-corrected chi connectivity index (χ0v) is 10.6. The van der Waals surface area contributed by atoms with Crippen LogP contribution in [0.1, 0.15) is 23.3 Å². The van der Waals surface area contributed by atoms with Gasteiger partial charge >= 0.3 is 0 Å². The monoisotopic (exact) mass is 249 g/mol. The number of rotatable bonds is 4. The third kappa shape index (κ3) is 3.43. The van der Waals surface area contributed by atoms with Gasteiger partial charge < -0.3 is 15.4 Å². The molecule has 1 fully saturated rings. The zero-order valence-electron chi connectivity index (χ0n) is 10.6. The van der Waals surface area contributed by atoms with Gasteiger partial charge in [-0.2, -0.15) is 0 Å². The van der Waals surface area contributed by atoms with E-state index in [0.717, 1.165) is 38.3 Å². The van der Waals surface area contributed by atoms with Gasteiger partial charge in [-0.05, 0) is 30.9 Å². The molecule has 1 aliphatic heterocycles. The maximum atomic E-state index is 11.5. The third-order valence-electron chi connectivity index (χ3n) is 3.16. The second kappa shape index (κ2) is 6.35. The average Bonchev–Trinajstić information content (AvgIpc) is 2.45. The molecule has 2 heterocycles. The molecule has 2 rings (SSSR count). The Balaban J connectivity index is 1.90. The van der Waals surface area contributed by atoms with Crippen molar-refractivity contribution in [2.45, 2.75) is 12.8 Å². The molecule has 0 radical (unpaired) electrons. The first-order valence-corrected chi connectivity index (χ1v) is 6.29. The second-order valence-electron chi connectivity index (χ2n) is 4.45. The van der Waals surface area contributed by atoms with Gasteiger partial charge in [-0.25, -0.2) is 0 Å². The fourth-order valence-electron chi connectivity index (χ4n) is 2.01. The summed E-state index contributed by atoms with van der Waals surface area (Å²) in [5.74, 6) is 0.486. The van der Waals surface area contributed by atoms with Crippen LogP contribution in [0.25, 0.3) is 0 Å². The molecular formula is C13H19N3O2. The molecule has 0 aromatic carbocycles. The lowest BCUT2D eigenvalue weighted by Crippen LogP contribution is -2.23. The lowest BCUT2D eigenvalue weighted by atomic mass is 10.0. The summed E-state index contributed by atoms with van der Waals surface area (Å²) in [7, 11) is 1.60. The first kappa shape index (κ1) is 12.8. The summed E-state index contributed by atoms with van der Waals surface area (Å²) in [5, 5.41) is 5.93. The van der Waals surface area contributed by atoms with Crippen molar-refractivity contribution in [2.24, 2.45) is 5.92 Å². The Morgan fingerprint density at radius 2 is 2.28 bits per heavy atom. The van der Waals surface area contributed by atoms with Crippen LogP contribution in [0.15, 0.2) is 18.3 Å². The van der Waals surface area contributed by atoms with Gasteiger partial charge in [-0.1, -0.05) is 0 Å². The predicted molar refractivity (Wildman–Crippen MR) is 69.7 cm³/mol. The minimum absolute atomic E-state index is 0.162. The molecule has 98 valence electrons. The standard InChI is InChI=1S/C13H19N3O2/c1-14-13(17)12-8-11(2-5-15-12)16-9-10-3-6-18-7-4-10/h2,5,8,10H,3-4,6-7,9H2,1H3,(H,14,17)(H,15,16). The maximum absolute atomic E-state index is 11.5. The van der Waals surface area contributed by atoms with Gasteiger partial charge in [-0.15, -0.1) is 0 Å². The maximum Gasteiger partial charge on any atom is 0.269 e. The van der Waals surface area contributed by atoms with Crippen molar-refractivity contribution in [1.82, 2.24) is 10.3 Å². The molecule has 18 heavy (non-hydrogen) atoms. The number of hydrogen-bond donors (Lipinski definition) is 2. The highest BCUT2D eigenvalue weighted by molar-refractivity contribution is 5.92. The summed E-state index contributed by atoms with van der Waals surface area (Å²) in [5.41, 5.74) is 1.38. The molecule has 0 spiro atoms. The van der Waals surface area contributed by atoms with Crippen molar-refractivity contribution in [3.8, 4) is 0 Å². The number of nitrogens with one attached hydrogen (secondary N) is 2. The summed E-state index contributed by atoms with van der Waals surface area (Å²) < 4.78 is 5.33. The summed E-state index contributed by atoms with van der Waals surface area (Å²) in [6, 6.07) is 3.66. The number of hydrogen-bond acceptors (Lipinski definition) is 4. The molecule has 0 aliphatic carbocycles. The van der Waals surface area contributed by atoms with Crippen LogP contribution >= 0.6 is 0 Å². The molecule has 1 amide bonds. The van der Waals surface area contributed by atoms with Crippen molar-refractivity contribution in [1.29, 1.82) is 0 Å². The Kier molecular flexibility index (Phi) is 4.52. The van der Waals surface area contributed by atoms with E-state index in [1.54, 1.807) is 19.3 Å². The fraction of sp³-hybridized carbons (Fsp3) is 0.538. The van der Waals surface area contributed by atoms with Gasteiger partial charge in [0.1, 0.15) is 5.69 Å². The number of nitrogens with zero attached hydrogens (tertiary/aromatic N) is 1. The van der Waals surface area contributed by atoms with E-state index in [1.807, 2.05) is 6.07 Å². The normalized spacial score (nSPS) is 16.3. The fourth-order valence-corrected chi connectivity index (χ4v) is 2.01. The van der Waals surface area contributed by atoms with E-state index < -0.39 is 0 Å². The molecule has 5 heteroatoms. The van der Waals surface area contributed by atoms with E-state index in [2.05, 4.69) is 15.6 Å². The number of anilines is 1. The molecule has 1 aliphatic rings. The van der Waals surface area contributed by atoms with Crippen molar-refractivity contribution in [2.75, 3.05) is 32.1 Å². The van der Waals surface area contributed by atoms with Crippen LogP contribution in [0.2, 0.25) is 0 Å². The Bertz CT molecular complexity index is 403. The summed E-state index contributed by atoms with van der Waals surface area (Å²) in [4.78, 5) is 15.5. The first-order chi connectivity index (χ1) is 8.79. The van der Waals surface area contributed by atoms with Crippen molar-refractivity contribution in [3.05, 3.63) is 24.0 Å². The van der Waals surface area contributed by atoms with Crippen LogP contribution in [0.5, 0.6) is 0 Å². The van der Waals surface area contributed by atoms with E-state index in [-0.39, 0.29) is 5.91 Å². The van der Waals surface area contributed by atoms with Gasteiger partial charge in [0, 0.05) is 38.7 Å². The summed E-state index contributed by atoms with van der Waals surface area (Å²) in [6.45, 7) is 2.62. The minimum atomic E-state index is -0.162. The largest absolute Gasteiger partial charge is 0.385 e. The van der Waals surface area contributed by atoms with Gasteiger partial charge in [0.2, 0.25) is 0 Å². The number of carbonyl (C=O) groups excluding carboxylic acids is 1. The topological polar surface area (TPSA) is 63.2 Å². The van der Waals surface area contributed by atoms with Crippen molar-refractivity contribution < 1.29 is 9.53 Å². The summed E-state index contributed by atoms with van der Waals surface area (Å²) >= 11 is 0. The molecule has 1 saturated heterocycles. The quantitative estimate of drug-likeness (QED) is 0.843. The van der Waals surface area contributed by atoms with E-state index in [9.17, 15) is 4.79 Å². The molecule has 0 atom stereocenters. The van der Waals surface area contributed by atoms with E-state index in [0.29, 0.717) is 11.6 Å². The molecule has 2 N–H and O–H groups in total. The Hall–Kier alpha value is -1.62. The highest BCUT2D eigenvalue weighted by atomic mass is 16.5. The summed E-state index contributed by atoms with van der Waals surface area (Å²) in [6.07, 6.45) is 3.84. The van der Waals surface area contributed by atoms with Crippen LogP contribution in [0.3, 0.4) is 0 Å². The van der Waals surface area contributed by atoms with Gasteiger partial charge in [0.15, 0.2) is 0 Å². The van der Waals surface area contributed by atoms with Gasteiger partial charge in [0.25, 0.3) is 5.91 Å². The SMILES string of the molecule is CNC(=O)c1cc(NCC2CCOCC2)ccn1. The molecule has 1 aromatic rings. The van der Waals surface area contributed by atoms with Crippen LogP contribution in [0, 0.1) is 5.92 Å². The highest BCUT2D eigenvalue weighted by Gasteiger charge is 2.13. The smallest absolute Gasteiger partial charge is 0.269 e. The average molecular weight is 249 g/mol. The molecule has 0 saturated carbocycles. The van der Waals surface area contributed by atoms with Gasteiger partial charge in [0.05, 0.1) is 0 Å². The lowest BCUT2D eigenvalue weighted by molar-refractivity contribution is 0.0699. The van der Waals surface area contributed by atoms with Crippen LogP contribution in [-0.4, -0.2) is 37.7 Å². The molecule has 5 nitrogen and oxygen atoms in total. The number of aromatic nitrogens is 1. The second-order valence-corrected chi connectivity index (χ2v) is 4.45. The Labute approximate surface area is 107 Å². The zero-order chi connectivity index (χ0) is 12.8. The lowest BCUT2D eigenvalue weighted by Gasteiger charge is -2.22. The minimum Gasteiger partial charge on any atom is -0.385 e.